The summed E-state index contributed by atoms with van der Waals surface area (Å²) in [6.45, 7) is 3.00. The van der Waals surface area contributed by atoms with E-state index in [2.05, 4.69) is 5.10 Å². The molecule has 2 aliphatic rings. The average molecular weight is 411 g/mol. The minimum atomic E-state index is -3.00. The Labute approximate surface area is 163 Å². The van der Waals surface area contributed by atoms with E-state index in [1.165, 1.54) is 0 Å². The topological polar surface area (TPSA) is 60.1 Å². The van der Waals surface area contributed by atoms with Gasteiger partial charge in [0.2, 0.25) is 0 Å². The van der Waals surface area contributed by atoms with Crippen molar-refractivity contribution in [3.05, 3.63) is 39.7 Å². The maximum absolute atomic E-state index is 14.6. The molecule has 3 heterocycles. The van der Waals surface area contributed by atoms with Crippen molar-refractivity contribution in [2.45, 2.75) is 38.8 Å². The molecule has 0 saturated carbocycles. The maximum atomic E-state index is 14.6. The fourth-order valence-corrected chi connectivity index (χ4v) is 6.11. The van der Waals surface area contributed by atoms with Gasteiger partial charge in [0, 0.05) is 19.5 Å². The Bertz CT molecular complexity index is 1060. The summed E-state index contributed by atoms with van der Waals surface area (Å²) in [5, 5.41) is 4.62. The van der Waals surface area contributed by atoms with Crippen molar-refractivity contribution in [2.24, 2.45) is 7.05 Å². The van der Waals surface area contributed by atoms with Gasteiger partial charge in [-0.05, 0) is 55.6 Å². The van der Waals surface area contributed by atoms with Crippen molar-refractivity contribution in [2.75, 3.05) is 23.0 Å². The second-order valence-corrected chi connectivity index (χ2v) is 10.2. The zero-order chi connectivity index (χ0) is 19.3. The van der Waals surface area contributed by atoms with Crippen LogP contribution in [0.3, 0.4) is 0 Å². The van der Waals surface area contributed by atoms with E-state index in [-0.39, 0.29) is 23.2 Å². The Balaban J connectivity index is 1.66. The van der Waals surface area contributed by atoms with Gasteiger partial charge in [-0.2, -0.15) is 5.10 Å². The molecular formula is C18H23FN4O2S2. The monoisotopic (exact) mass is 410 g/mol. The highest BCUT2D eigenvalue weighted by Crippen LogP contribution is 2.32. The van der Waals surface area contributed by atoms with Gasteiger partial charge in [0.05, 0.1) is 17.2 Å². The Morgan fingerprint density at radius 2 is 2.15 bits per heavy atom. The number of sulfone groups is 1. The lowest BCUT2D eigenvalue weighted by molar-refractivity contribution is 0.520. The number of rotatable bonds is 3. The lowest BCUT2D eigenvalue weighted by Gasteiger charge is -2.31. The quantitative estimate of drug-likeness (QED) is 0.728. The van der Waals surface area contributed by atoms with Crippen LogP contribution < -0.4 is 4.90 Å². The molecule has 0 bridgehead atoms. The molecule has 27 heavy (non-hydrogen) atoms. The predicted molar refractivity (Wildman–Crippen MR) is 105 cm³/mol. The summed E-state index contributed by atoms with van der Waals surface area (Å²) >= 11 is 5.52. The summed E-state index contributed by atoms with van der Waals surface area (Å²) in [4.78, 5) is 1.98. The molecule has 1 unspecified atom stereocenters. The van der Waals surface area contributed by atoms with Crippen molar-refractivity contribution in [1.29, 1.82) is 0 Å². The fourth-order valence-electron chi connectivity index (χ4n) is 4.18. The van der Waals surface area contributed by atoms with Crippen LogP contribution in [0.2, 0.25) is 0 Å². The zero-order valence-electron chi connectivity index (χ0n) is 15.5. The highest BCUT2D eigenvalue weighted by molar-refractivity contribution is 7.91. The Kier molecular flexibility index (Phi) is 4.62. The normalized spacial score (nSPS) is 21.4. The van der Waals surface area contributed by atoms with Gasteiger partial charge in [-0.3, -0.25) is 0 Å². The molecule has 1 aromatic carbocycles. The molecule has 6 nitrogen and oxygen atoms in total. The van der Waals surface area contributed by atoms with Crippen molar-refractivity contribution in [1.82, 2.24) is 14.3 Å². The van der Waals surface area contributed by atoms with Crippen LogP contribution in [-0.4, -0.2) is 40.8 Å². The standard InChI is InChI=1S/C18H23FN4O2S2/c1-12-8-13-4-3-6-22(16(13)15(19)9-12)11-23-18(26)21(2)17(20-23)14-5-7-27(24,25)10-14/h8-9,14H,3-7,10-11H2,1-2H3. The molecule has 1 saturated heterocycles. The molecule has 1 atom stereocenters. The minimum Gasteiger partial charge on any atom is -0.349 e. The number of halogens is 1. The van der Waals surface area contributed by atoms with Crippen molar-refractivity contribution in [3.8, 4) is 0 Å². The van der Waals surface area contributed by atoms with Crippen LogP contribution in [0.15, 0.2) is 12.1 Å². The first-order valence-electron chi connectivity index (χ1n) is 9.13. The largest absolute Gasteiger partial charge is 0.349 e. The molecular weight excluding hydrogens is 387 g/mol. The van der Waals surface area contributed by atoms with Crippen molar-refractivity contribution < 1.29 is 12.8 Å². The van der Waals surface area contributed by atoms with Crippen LogP contribution in [0, 0.1) is 17.5 Å². The summed E-state index contributed by atoms with van der Waals surface area (Å²) in [5.74, 6) is 0.668. The first-order chi connectivity index (χ1) is 12.7. The molecule has 1 aromatic heterocycles. The third kappa shape index (κ3) is 3.42. The Morgan fingerprint density at radius 3 is 2.85 bits per heavy atom. The molecule has 0 amide bonds. The summed E-state index contributed by atoms with van der Waals surface area (Å²) < 4.78 is 42.3. The van der Waals surface area contributed by atoms with Gasteiger partial charge in [-0.1, -0.05) is 6.07 Å². The molecule has 2 aromatic rings. The van der Waals surface area contributed by atoms with Crippen molar-refractivity contribution >= 4 is 27.7 Å². The second-order valence-electron chi connectivity index (χ2n) is 7.56. The van der Waals surface area contributed by atoms with E-state index in [4.69, 9.17) is 12.2 Å². The highest BCUT2D eigenvalue weighted by Gasteiger charge is 2.33. The van der Waals surface area contributed by atoms with Crippen LogP contribution >= 0.6 is 12.2 Å². The zero-order valence-corrected chi connectivity index (χ0v) is 17.1. The molecule has 0 N–H and O–H groups in total. The van der Waals surface area contributed by atoms with Crippen LogP contribution in [0.25, 0.3) is 0 Å². The number of aryl methyl sites for hydroxylation is 2. The third-order valence-electron chi connectivity index (χ3n) is 5.45. The van der Waals surface area contributed by atoms with Crippen molar-refractivity contribution in [3.63, 3.8) is 0 Å². The molecule has 2 aliphatic heterocycles. The Hall–Kier alpha value is -1.74. The number of aromatic nitrogens is 3. The first-order valence-corrected chi connectivity index (χ1v) is 11.4. The molecule has 1 fully saturated rings. The molecule has 9 heteroatoms. The number of hydrogen-bond acceptors (Lipinski definition) is 5. The van der Waals surface area contributed by atoms with E-state index in [0.29, 0.717) is 29.4 Å². The number of anilines is 1. The molecule has 4 rings (SSSR count). The van der Waals surface area contributed by atoms with E-state index >= 15 is 0 Å². The van der Waals surface area contributed by atoms with Gasteiger partial charge in [0.1, 0.15) is 18.3 Å². The summed E-state index contributed by atoms with van der Waals surface area (Å²) in [5.41, 5.74) is 2.57. The third-order valence-corrected chi connectivity index (χ3v) is 7.71. The first kappa shape index (κ1) is 18.6. The number of fused-ring (bicyclic) bond motifs is 1. The maximum Gasteiger partial charge on any atom is 0.199 e. The lowest BCUT2D eigenvalue weighted by atomic mass is 9.99. The van der Waals surface area contributed by atoms with E-state index in [0.717, 1.165) is 30.5 Å². The molecule has 146 valence electrons. The van der Waals surface area contributed by atoms with Gasteiger partial charge in [-0.15, -0.1) is 0 Å². The lowest BCUT2D eigenvalue weighted by Crippen LogP contribution is -2.33. The highest BCUT2D eigenvalue weighted by atomic mass is 32.2. The molecule has 0 radical (unpaired) electrons. The van der Waals surface area contributed by atoms with Gasteiger partial charge in [0.25, 0.3) is 0 Å². The SMILES string of the molecule is Cc1cc(F)c2c(c1)CCCN2Cn1nc(C2CCS(=O)(=O)C2)n(C)c1=S. The van der Waals surface area contributed by atoms with Crippen LogP contribution in [0.4, 0.5) is 10.1 Å². The summed E-state index contributed by atoms with van der Waals surface area (Å²) in [7, 11) is -1.18. The van der Waals surface area contributed by atoms with Crippen LogP contribution in [0.5, 0.6) is 0 Å². The summed E-state index contributed by atoms with van der Waals surface area (Å²) in [6.07, 6.45) is 2.38. The van der Waals surface area contributed by atoms with Gasteiger partial charge in [0.15, 0.2) is 14.6 Å². The predicted octanol–water partition coefficient (Wildman–Crippen LogP) is 2.71. The van der Waals surface area contributed by atoms with E-state index in [1.807, 2.05) is 24.9 Å². The van der Waals surface area contributed by atoms with Gasteiger partial charge in [-0.25, -0.2) is 17.5 Å². The van der Waals surface area contributed by atoms with Gasteiger partial charge >= 0.3 is 0 Å². The van der Waals surface area contributed by atoms with Crippen LogP contribution in [-0.2, 0) is 30.0 Å². The minimum absolute atomic E-state index is 0.118. The van der Waals surface area contributed by atoms with E-state index in [1.54, 1.807) is 15.3 Å². The van der Waals surface area contributed by atoms with E-state index < -0.39 is 9.84 Å². The summed E-state index contributed by atoms with van der Waals surface area (Å²) in [6, 6.07) is 3.60. The Morgan fingerprint density at radius 1 is 1.37 bits per heavy atom. The van der Waals surface area contributed by atoms with Gasteiger partial charge < -0.3 is 9.47 Å². The number of hydrogen-bond donors (Lipinski definition) is 0. The van der Waals surface area contributed by atoms with E-state index in [9.17, 15) is 12.8 Å². The van der Waals surface area contributed by atoms with Crippen LogP contribution in [0.1, 0.15) is 35.7 Å². The second kappa shape index (κ2) is 6.70. The number of benzene rings is 1. The molecule has 0 aliphatic carbocycles. The average Bonchev–Trinajstić information content (AvgIpc) is 3.08. The number of nitrogens with zero attached hydrogens (tertiary/aromatic N) is 4. The molecule has 0 spiro atoms. The smallest absolute Gasteiger partial charge is 0.199 e. The fraction of sp³-hybridized carbons (Fsp3) is 0.556.